The molecule has 0 bridgehead atoms. The van der Waals surface area contributed by atoms with Gasteiger partial charge >= 0.3 is 0 Å². The van der Waals surface area contributed by atoms with Gasteiger partial charge in [0.2, 0.25) is 0 Å². The molecule has 5 N–H and O–H groups in total. The van der Waals surface area contributed by atoms with Crippen molar-refractivity contribution in [3.63, 3.8) is 0 Å². The van der Waals surface area contributed by atoms with Crippen LogP contribution in [0.4, 0.5) is 21.7 Å². The molecule has 0 spiro atoms. The number of nitrogens with two attached hydrogens (primary N) is 1. The number of fused-ring (bicyclic) bond motifs is 1. The van der Waals surface area contributed by atoms with Crippen LogP contribution in [0.25, 0.3) is 10.9 Å². The summed E-state index contributed by atoms with van der Waals surface area (Å²) in [6.45, 7) is 1.52. The lowest BCUT2D eigenvalue weighted by molar-refractivity contribution is 0.100. The van der Waals surface area contributed by atoms with Crippen molar-refractivity contribution in [2.24, 2.45) is 5.73 Å². The summed E-state index contributed by atoms with van der Waals surface area (Å²) in [5.74, 6) is -1.06. The number of rotatable bonds is 6. The van der Waals surface area contributed by atoms with E-state index >= 15 is 0 Å². The lowest BCUT2D eigenvalue weighted by Gasteiger charge is -2.24. The highest BCUT2D eigenvalue weighted by atomic mass is 19.1. The molecule has 8 heteroatoms. The third-order valence-electron chi connectivity index (χ3n) is 5.04. The Morgan fingerprint density at radius 1 is 1.24 bits per heavy atom. The molecule has 3 heterocycles. The number of anilines is 3. The fraction of sp³-hybridized carbons (Fsp3) is 0.286. The highest BCUT2D eigenvalue weighted by Crippen LogP contribution is 2.25. The van der Waals surface area contributed by atoms with Crippen molar-refractivity contribution in [2.75, 3.05) is 23.7 Å². The minimum absolute atomic E-state index is 0.00451. The number of hydrogen-bond acceptors (Lipinski definition) is 6. The first kappa shape index (κ1) is 19.1. The van der Waals surface area contributed by atoms with Gasteiger partial charge in [0.25, 0.3) is 5.91 Å². The molecule has 0 saturated carbocycles. The molecule has 29 heavy (non-hydrogen) atoms. The number of hydrogen-bond donors (Lipinski definition) is 4. The van der Waals surface area contributed by atoms with E-state index in [4.69, 9.17) is 5.73 Å². The van der Waals surface area contributed by atoms with E-state index in [1.807, 2.05) is 30.3 Å². The monoisotopic (exact) mass is 394 g/mol. The Morgan fingerprint density at radius 2 is 2.14 bits per heavy atom. The standard InChI is InChI=1S/C21H23FN6O/c22-17-11-16(19(23)29)20(28-21(17)26-12-15-5-1-2-8-24-15)27-14-6-7-18-13(10-14)4-3-9-25-18/h3-4,6-7,9-11,15,24H,1-2,5,8,12H2,(H2,23,29)(H2,26,27,28). The SMILES string of the molecule is NC(=O)c1cc(F)c(NCC2CCCCN2)nc1Nc1ccc2ncccc2c1. The fourth-order valence-electron chi connectivity index (χ4n) is 3.50. The maximum Gasteiger partial charge on any atom is 0.252 e. The number of carbonyl (C=O) groups is 1. The summed E-state index contributed by atoms with van der Waals surface area (Å²) >= 11 is 0. The van der Waals surface area contributed by atoms with Gasteiger partial charge in [-0.25, -0.2) is 9.37 Å². The maximum atomic E-state index is 14.5. The van der Waals surface area contributed by atoms with Crippen LogP contribution in [-0.4, -0.2) is 35.0 Å². The molecule has 0 aliphatic carbocycles. The van der Waals surface area contributed by atoms with E-state index in [0.29, 0.717) is 12.2 Å². The zero-order valence-electron chi connectivity index (χ0n) is 15.9. The summed E-state index contributed by atoms with van der Waals surface area (Å²) in [5, 5.41) is 10.5. The number of halogens is 1. The van der Waals surface area contributed by atoms with Crippen LogP contribution in [0.3, 0.4) is 0 Å². The number of primary amides is 1. The molecular formula is C21H23FN6O. The van der Waals surface area contributed by atoms with Crippen LogP contribution in [0.2, 0.25) is 0 Å². The van der Waals surface area contributed by atoms with E-state index in [1.54, 1.807) is 6.20 Å². The molecule has 2 aromatic heterocycles. The Labute approximate surface area is 167 Å². The smallest absolute Gasteiger partial charge is 0.252 e. The summed E-state index contributed by atoms with van der Waals surface area (Å²) in [6.07, 6.45) is 5.07. The van der Waals surface area contributed by atoms with Crippen LogP contribution in [0.15, 0.2) is 42.6 Å². The molecule has 1 saturated heterocycles. The Balaban J connectivity index is 1.60. The highest BCUT2D eigenvalue weighted by molar-refractivity contribution is 5.99. The van der Waals surface area contributed by atoms with Gasteiger partial charge < -0.3 is 21.7 Å². The van der Waals surface area contributed by atoms with Gasteiger partial charge in [-0.05, 0) is 49.7 Å². The van der Waals surface area contributed by atoms with Crippen LogP contribution in [0.1, 0.15) is 29.6 Å². The molecule has 1 aromatic carbocycles. The summed E-state index contributed by atoms with van der Waals surface area (Å²) in [5.41, 5.74) is 6.99. The summed E-state index contributed by atoms with van der Waals surface area (Å²) in [7, 11) is 0. The van der Waals surface area contributed by atoms with Crippen LogP contribution >= 0.6 is 0 Å². The van der Waals surface area contributed by atoms with Gasteiger partial charge in [-0.1, -0.05) is 12.5 Å². The third kappa shape index (κ3) is 4.43. The lowest BCUT2D eigenvalue weighted by atomic mass is 10.1. The van der Waals surface area contributed by atoms with Gasteiger partial charge in [0.05, 0.1) is 11.1 Å². The number of carbonyl (C=O) groups excluding carboxylic acids is 1. The van der Waals surface area contributed by atoms with Crippen LogP contribution in [0.5, 0.6) is 0 Å². The predicted molar refractivity (Wildman–Crippen MR) is 112 cm³/mol. The molecule has 1 fully saturated rings. The minimum Gasteiger partial charge on any atom is -0.366 e. The van der Waals surface area contributed by atoms with Crippen molar-refractivity contribution in [3.8, 4) is 0 Å². The van der Waals surface area contributed by atoms with E-state index in [9.17, 15) is 9.18 Å². The summed E-state index contributed by atoms with van der Waals surface area (Å²) in [4.78, 5) is 20.4. The topological polar surface area (TPSA) is 105 Å². The second kappa shape index (κ2) is 8.40. The second-order valence-corrected chi connectivity index (χ2v) is 7.14. The van der Waals surface area contributed by atoms with Crippen LogP contribution in [0, 0.1) is 5.82 Å². The van der Waals surface area contributed by atoms with Crippen LogP contribution < -0.4 is 21.7 Å². The van der Waals surface area contributed by atoms with Gasteiger partial charge in [0.1, 0.15) is 5.82 Å². The number of aromatic nitrogens is 2. The van der Waals surface area contributed by atoms with Gasteiger partial charge in [0.15, 0.2) is 11.6 Å². The van der Waals surface area contributed by atoms with Crippen molar-refractivity contribution in [2.45, 2.75) is 25.3 Å². The van der Waals surface area contributed by atoms with Gasteiger partial charge in [-0.3, -0.25) is 9.78 Å². The Hall–Kier alpha value is -3.26. The Bertz CT molecular complexity index is 1030. The van der Waals surface area contributed by atoms with Crippen molar-refractivity contribution >= 4 is 34.1 Å². The predicted octanol–water partition coefficient (Wildman–Crippen LogP) is 3.17. The number of pyridine rings is 2. The summed E-state index contributed by atoms with van der Waals surface area (Å²) < 4.78 is 14.5. The Morgan fingerprint density at radius 3 is 2.93 bits per heavy atom. The minimum atomic E-state index is -0.748. The molecule has 150 valence electrons. The number of amides is 1. The number of nitrogens with zero attached hydrogens (tertiary/aromatic N) is 2. The number of piperidine rings is 1. The van der Waals surface area contributed by atoms with Gasteiger partial charge in [-0.15, -0.1) is 0 Å². The first-order valence-corrected chi connectivity index (χ1v) is 9.69. The quantitative estimate of drug-likeness (QED) is 0.512. The maximum absolute atomic E-state index is 14.5. The molecule has 4 rings (SSSR count). The van der Waals surface area contributed by atoms with Crippen LogP contribution in [-0.2, 0) is 0 Å². The fourth-order valence-corrected chi connectivity index (χ4v) is 3.50. The number of benzene rings is 1. The van der Waals surface area contributed by atoms with E-state index in [-0.39, 0.29) is 23.2 Å². The van der Waals surface area contributed by atoms with Crippen molar-refractivity contribution < 1.29 is 9.18 Å². The molecule has 3 aromatic rings. The third-order valence-corrected chi connectivity index (χ3v) is 5.04. The molecule has 1 atom stereocenters. The normalized spacial score (nSPS) is 16.5. The zero-order valence-corrected chi connectivity index (χ0v) is 15.9. The first-order valence-electron chi connectivity index (χ1n) is 9.69. The highest BCUT2D eigenvalue weighted by Gasteiger charge is 2.18. The molecule has 1 unspecified atom stereocenters. The van der Waals surface area contributed by atoms with Crippen molar-refractivity contribution in [3.05, 3.63) is 54.0 Å². The molecule has 7 nitrogen and oxygen atoms in total. The molecular weight excluding hydrogens is 371 g/mol. The Kier molecular flexibility index (Phi) is 5.53. The summed E-state index contributed by atoms with van der Waals surface area (Å²) in [6, 6.07) is 10.7. The van der Waals surface area contributed by atoms with E-state index < -0.39 is 11.7 Å². The van der Waals surface area contributed by atoms with Crippen molar-refractivity contribution in [1.29, 1.82) is 0 Å². The molecule has 1 aliphatic rings. The largest absolute Gasteiger partial charge is 0.366 e. The van der Waals surface area contributed by atoms with Crippen molar-refractivity contribution in [1.82, 2.24) is 15.3 Å². The second-order valence-electron chi connectivity index (χ2n) is 7.14. The molecule has 0 radical (unpaired) electrons. The zero-order chi connectivity index (χ0) is 20.2. The molecule has 1 aliphatic heterocycles. The van der Waals surface area contributed by atoms with E-state index in [2.05, 4.69) is 25.9 Å². The average Bonchev–Trinajstić information content (AvgIpc) is 2.74. The van der Waals surface area contributed by atoms with E-state index in [0.717, 1.165) is 42.8 Å². The van der Waals surface area contributed by atoms with E-state index in [1.165, 1.54) is 0 Å². The van der Waals surface area contributed by atoms with Gasteiger partial charge in [0, 0.05) is 29.9 Å². The number of nitrogens with one attached hydrogen (secondary N) is 3. The average molecular weight is 394 g/mol. The first-order chi connectivity index (χ1) is 14.1. The van der Waals surface area contributed by atoms with Gasteiger partial charge in [-0.2, -0.15) is 0 Å². The molecule has 1 amide bonds. The lowest BCUT2D eigenvalue weighted by Crippen LogP contribution is -2.39.